The number of nitrogens with zero attached hydrogens (tertiary/aromatic N) is 1. The average Bonchev–Trinajstić information content (AvgIpc) is 3.23. The van der Waals surface area contributed by atoms with Crippen molar-refractivity contribution in [3.8, 4) is 0 Å². The molecule has 20 heavy (non-hydrogen) atoms. The number of rotatable bonds is 6. The van der Waals surface area contributed by atoms with Gasteiger partial charge in [0.2, 0.25) is 0 Å². The second-order valence-electron chi connectivity index (χ2n) is 4.68. The highest BCUT2D eigenvalue weighted by atomic mass is 32.2. The maximum Gasteiger partial charge on any atom is 0.328 e. The molecule has 1 aromatic rings. The summed E-state index contributed by atoms with van der Waals surface area (Å²) in [6.07, 6.45) is 8.17. The zero-order chi connectivity index (χ0) is 14.6. The van der Waals surface area contributed by atoms with Gasteiger partial charge in [0.05, 0.1) is 0 Å². The van der Waals surface area contributed by atoms with Crippen LogP contribution in [0, 0.1) is 0 Å². The maximum atomic E-state index is 12.1. The molecule has 1 heterocycles. The van der Waals surface area contributed by atoms with Crippen molar-refractivity contribution in [3.05, 3.63) is 35.7 Å². The first kappa shape index (κ1) is 14.6. The second-order valence-corrected chi connectivity index (χ2v) is 5.96. The third kappa shape index (κ3) is 3.60. The van der Waals surface area contributed by atoms with Crippen LogP contribution in [0.3, 0.4) is 0 Å². The molecule has 1 aliphatic carbocycles. The minimum absolute atomic E-state index is 0.182. The Kier molecular flexibility index (Phi) is 4.44. The Morgan fingerprint density at radius 3 is 2.90 bits per heavy atom. The van der Waals surface area contributed by atoms with E-state index in [1.165, 1.54) is 12.3 Å². The number of aliphatic carboxylic acids is 1. The molecule has 6 heteroatoms. The van der Waals surface area contributed by atoms with E-state index in [9.17, 15) is 9.59 Å². The van der Waals surface area contributed by atoms with Crippen LogP contribution in [-0.4, -0.2) is 39.5 Å². The maximum absolute atomic E-state index is 12.1. The first-order valence-corrected chi connectivity index (χ1v) is 7.48. The van der Waals surface area contributed by atoms with E-state index in [1.807, 2.05) is 6.26 Å². The van der Waals surface area contributed by atoms with Crippen LogP contribution in [0.25, 0.3) is 6.08 Å². The lowest BCUT2D eigenvalue weighted by atomic mass is 10.1. The molecule has 1 saturated carbocycles. The SMILES string of the molecule is CSC1(CNC(=O)c2ncccc2/C=C/C(=O)O)CC1. The third-order valence-corrected chi connectivity index (χ3v) is 4.69. The van der Waals surface area contributed by atoms with E-state index in [0.29, 0.717) is 12.1 Å². The van der Waals surface area contributed by atoms with E-state index in [2.05, 4.69) is 10.3 Å². The van der Waals surface area contributed by atoms with Crippen LogP contribution in [0.4, 0.5) is 0 Å². The smallest absolute Gasteiger partial charge is 0.328 e. The molecule has 1 aliphatic rings. The number of carbonyl (C=O) groups is 2. The van der Waals surface area contributed by atoms with Crippen molar-refractivity contribution in [2.75, 3.05) is 12.8 Å². The highest BCUT2D eigenvalue weighted by Crippen LogP contribution is 2.46. The lowest BCUT2D eigenvalue weighted by Gasteiger charge is -2.13. The van der Waals surface area contributed by atoms with Crippen molar-refractivity contribution >= 4 is 29.7 Å². The molecule has 0 aromatic carbocycles. The molecule has 5 nitrogen and oxygen atoms in total. The van der Waals surface area contributed by atoms with Crippen LogP contribution >= 0.6 is 11.8 Å². The lowest BCUT2D eigenvalue weighted by Crippen LogP contribution is -2.32. The molecular formula is C14H16N2O3S. The van der Waals surface area contributed by atoms with E-state index in [0.717, 1.165) is 18.9 Å². The number of hydrogen-bond donors (Lipinski definition) is 2. The van der Waals surface area contributed by atoms with Crippen molar-refractivity contribution in [1.82, 2.24) is 10.3 Å². The summed E-state index contributed by atoms with van der Waals surface area (Å²) in [7, 11) is 0. The molecule has 0 saturated heterocycles. The van der Waals surface area contributed by atoms with Gasteiger partial charge in [-0.1, -0.05) is 6.07 Å². The summed E-state index contributed by atoms with van der Waals surface area (Å²) < 4.78 is 0.182. The molecule has 1 fully saturated rings. The fourth-order valence-electron chi connectivity index (χ4n) is 1.82. The van der Waals surface area contributed by atoms with Crippen LogP contribution in [-0.2, 0) is 4.79 Å². The fraction of sp³-hybridized carbons (Fsp3) is 0.357. The summed E-state index contributed by atoms with van der Waals surface area (Å²) in [5.41, 5.74) is 0.753. The normalized spacial score (nSPS) is 16.1. The van der Waals surface area contributed by atoms with Gasteiger partial charge in [0.1, 0.15) is 5.69 Å². The van der Waals surface area contributed by atoms with Gasteiger partial charge in [-0.3, -0.25) is 9.78 Å². The topological polar surface area (TPSA) is 79.3 Å². The Balaban J connectivity index is 2.07. The van der Waals surface area contributed by atoms with Gasteiger partial charge in [-0.2, -0.15) is 11.8 Å². The molecular weight excluding hydrogens is 276 g/mol. The van der Waals surface area contributed by atoms with Crippen LogP contribution < -0.4 is 5.32 Å². The van der Waals surface area contributed by atoms with E-state index in [4.69, 9.17) is 5.11 Å². The number of nitrogens with one attached hydrogen (secondary N) is 1. The molecule has 0 aliphatic heterocycles. The van der Waals surface area contributed by atoms with Crippen molar-refractivity contribution < 1.29 is 14.7 Å². The fourth-order valence-corrected chi connectivity index (χ4v) is 2.55. The molecule has 0 atom stereocenters. The molecule has 106 valence electrons. The van der Waals surface area contributed by atoms with E-state index in [-0.39, 0.29) is 16.3 Å². The molecule has 0 spiro atoms. The van der Waals surface area contributed by atoms with Crippen LogP contribution in [0.1, 0.15) is 28.9 Å². The number of carboxylic acid groups (broad SMARTS) is 1. The summed E-state index contributed by atoms with van der Waals surface area (Å²) in [6.45, 7) is 0.617. The first-order chi connectivity index (χ1) is 9.56. The third-order valence-electron chi connectivity index (χ3n) is 3.27. The predicted molar refractivity (Wildman–Crippen MR) is 78.7 cm³/mol. The highest BCUT2D eigenvalue weighted by Gasteiger charge is 2.42. The molecule has 0 radical (unpaired) electrons. The lowest BCUT2D eigenvalue weighted by molar-refractivity contribution is -0.131. The number of hydrogen-bond acceptors (Lipinski definition) is 4. The van der Waals surface area contributed by atoms with Crippen molar-refractivity contribution in [2.45, 2.75) is 17.6 Å². The number of pyridine rings is 1. The largest absolute Gasteiger partial charge is 0.478 e. The Morgan fingerprint density at radius 1 is 1.55 bits per heavy atom. The number of carbonyl (C=O) groups excluding carboxylic acids is 1. The Bertz CT molecular complexity index is 553. The van der Waals surface area contributed by atoms with Crippen molar-refractivity contribution in [1.29, 1.82) is 0 Å². The van der Waals surface area contributed by atoms with E-state index >= 15 is 0 Å². The van der Waals surface area contributed by atoms with E-state index in [1.54, 1.807) is 23.9 Å². The van der Waals surface area contributed by atoms with Gasteiger partial charge in [-0.25, -0.2) is 4.79 Å². The van der Waals surface area contributed by atoms with Crippen molar-refractivity contribution in [3.63, 3.8) is 0 Å². The second kappa shape index (κ2) is 6.09. The number of amides is 1. The minimum Gasteiger partial charge on any atom is -0.478 e. The summed E-state index contributed by atoms with van der Waals surface area (Å²) >= 11 is 1.77. The Hall–Kier alpha value is -1.82. The predicted octanol–water partition coefficient (Wildman–Crippen LogP) is 1.80. The van der Waals surface area contributed by atoms with E-state index < -0.39 is 5.97 Å². The van der Waals surface area contributed by atoms with Gasteiger partial charge in [0.25, 0.3) is 5.91 Å². The average molecular weight is 292 g/mol. The number of thioether (sulfide) groups is 1. The van der Waals surface area contributed by atoms with Gasteiger partial charge in [0.15, 0.2) is 0 Å². The number of aromatic nitrogens is 1. The summed E-state index contributed by atoms with van der Waals surface area (Å²) in [5.74, 6) is -1.32. The summed E-state index contributed by atoms with van der Waals surface area (Å²) in [4.78, 5) is 26.7. The molecule has 2 rings (SSSR count). The van der Waals surface area contributed by atoms with Gasteiger partial charge < -0.3 is 10.4 Å². The van der Waals surface area contributed by atoms with Gasteiger partial charge in [0, 0.05) is 29.1 Å². The Labute approximate surface area is 121 Å². The zero-order valence-electron chi connectivity index (χ0n) is 11.1. The van der Waals surface area contributed by atoms with Gasteiger partial charge >= 0.3 is 5.97 Å². The highest BCUT2D eigenvalue weighted by molar-refractivity contribution is 8.00. The molecule has 2 N–H and O–H groups in total. The summed E-state index contributed by atoms with van der Waals surface area (Å²) in [5, 5.41) is 11.5. The molecule has 1 amide bonds. The van der Waals surface area contributed by atoms with Crippen molar-refractivity contribution in [2.24, 2.45) is 0 Å². The van der Waals surface area contributed by atoms with Gasteiger partial charge in [-0.15, -0.1) is 0 Å². The Morgan fingerprint density at radius 2 is 2.30 bits per heavy atom. The quantitative estimate of drug-likeness (QED) is 0.782. The zero-order valence-corrected chi connectivity index (χ0v) is 11.9. The molecule has 0 unspecified atom stereocenters. The van der Waals surface area contributed by atoms with Gasteiger partial charge in [-0.05, 0) is 31.2 Å². The van der Waals surface area contributed by atoms with Crippen LogP contribution in [0.2, 0.25) is 0 Å². The standard InChI is InChI=1S/C14H16N2O3S/c1-20-14(6-7-14)9-16-13(19)12-10(3-2-8-15-12)4-5-11(17)18/h2-5,8H,6-7,9H2,1H3,(H,16,19)(H,17,18)/b5-4+. The summed E-state index contributed by atoms with van der Waals surface area (Å²) in [6, 6.07) is 3.34. The van der Waals surface area contributed by atoms with Crippen LogP contribution in [0.15, 0.2) is 24.4 Å². The molecule has 1 aromatic heterocycles. The first-order valence-electron chi connectivity index (χ1n) is 6.26. The minimum atomic E-state index is -1.06. The molecule has 0 bridgehead atoms. The van der Waals surface area contributed by atoms with Crippen LogP contribution in [0.5, 0.6) is 0 Å². The number of carboxylic acids is 1. The monoisotopic (exact) mass is 292 g/mol.